The number of carbonyl (C=O) groups is 1. The zero-order valence-electron chi connectivity index (χ0n) is 21.3. The summed E-state index contributed by atoms with van der Waals surface area (Å²) in [6, 6.07) is 0. The zero-order chi connectivity index (χ0) is 24.4. The summed E-state index contributed by atoms with van der Waals surface area (Å²) in [5.41, 5.74) is 2.59. The van der Waals surface area contributed by atoms with Crippen LogP contribution in [0.15, 0.2) is 22.8 Å². The lowest BCUT2D eigenvalue weighted by Gasteiger charge is -2.39. The van der Waals surface area contributed by atoms with Crippen molar-refractivity contribution in [2.75, 3.05) is 37.6 Å². The summed E-state index contributed by atoms with van der Waals surface area (Å²) in [5.74, 6) is 0.991. The average Bonchev–Trinajstić information content (AvgIpc) is 2.77. The molecule has 1 aromatic rings. The molecule has 1 N–H and O–H groups in total. The van der Waals surface area contributed by atoms with Gasteiger partial charge in [-0.15, -0.1) is 0 Å². The van der Waals surface area contributed by atoms with E-state index in [0.29, 0.717) is 18.7 Å². The van der Waals surface area contributed by atoms with Gasteiger partial charge in [-0.2, -0.15) is 0 Å². The maximum Gasteiger partial charge on any atom is 0.225 e. The van der Waals surface area contributed by atoms with Gasteiger partial charge >= 0.3 is 0 Å². The molecule has 3 rings (SSSR count). The number of anilines is 1. The van der Waals surface area contributed by atoms with Crippen molar-refractivity contribution in [2.45, 2.75) is 67.0 Å². The molecule has 3 heterocycles. The van der Waals surface area contributed by atoms with Crippen LogP contribution in [0.1, 0.15) is 59.7 Å². The molecule has 1 aromatic heterocycles. The Labute approximate surface area is 198 Å². The molecule has 0 bridgehead atoms. The molecule has 8 nitrogen and oxygen atoms in total. The molecule has 0 unspecified atom stereocenters. The number of hydrogen-bond acceptors (Lipinski definition) is 6. The number of nitrogens with one attached hydrogen (secondary N) is 1. The van der Waals surface area contributed by atoms with E-state index in [1.165, 1.54) is 11.8 Å². The predicted octanol–water partition coefficient (Wildman–Crippen LogP) is 3.32. The molecule has 0 radical (unpaired) electrons. The Morgan fingerprint density at radius 2 is 1.76 bits per heavy atom. The number of fused-ring (bicyclic) bond motifs is 1. The van der Waals surface area contributed by atoms with E-state index in [1.807, 2.05) is 38.8 Å². The molecule has 1 saturated heterocycles. The van der Waals surface area contributed by atoms with E-state index >= 15 is 0 Å². The zero-order valence-corrected chi connectivity index (χ0v) is 21.3. The van der Waals surface area contributed by atoms with Crippen molar-refractivity contribution >= 4 is 23.9 Å². The average molecular weight is 454 g/mol. The van der Waals surface area contributed by atoms with Crippen LogP contribution in [-0.4, -0.2) is 76.0 Å². The number of Topliss-reactive ketones (excluding diaryl/α,β-unsaturated/α-hetero) is 1. The van der Waals surface area contributed by atoms with E-state index < -0.39 is 5.41 Å². The van der Waals surface area contributed by atoms with Gasteiger partial charge in [-0.1, -0.05) is 26.8 Å². The summed E-state index contributed by atoms with van der Waals surface area (Å²) < 4.78 is 0. The number of nitrogens with zero attached hydrogens (tertiary/aromatic N) is 6. The number of hydrogen-bond donors (Lipinski definition) is 1. The predicted molar refractivity (Wildman–Crippen MR) is 134 cm³/mol. The van der Waals surface area contributed by atoms with E-state index in [4.69, 9.17) is 10.4 Å². The fourth-order valence-electron chi connectivity index (χ4n) is 4.06. The number of allylic oxidation sites excluding steroid dienone is 2. The summed E-state index contributed by atoms with van der Waals surface area (Å²) in [5, 5.41) is 8.35. The first-order valence-electron chi connectivity index (χ1n) is 11.8. The first kappa shape index (κ1) is 25.0. The minimum atomic E-state index is -0.471. The van der Waals surface area contributed by atoms with Crippen molar-refractivity contribution in [3.05, 3.63) is 29.1 Å². The Balaban J connectivity index is 1.58. The molecular weight excluding hydrogens is 414 g/mol. The van der Waals surface area contributed by atoms with Crippen LogP contribution < -0.4 is 4.90 Å². The highest BCUT2D eigenvalue weighted by molar-refractivity contribution is 6.16. The van der Waals surface area contributed by atoms with E-state index in [-0.39, 0.29) is 17.3 Å². The highest BCUT2D eigenvalue weighted by atomic mass is 16.1. The molecule has 0 saturated carbocycles. The number of aromatic nitrogens is 2. The third-order valence-corrected chi connectivity index (χ3v) is 6.31. The molecule has 0 aromatic carbocycles. The van der Waals surface area contributed by atoms with Crippen LogP contribution in [-0.2, 0) is 17.8 Å². The number of piperazine rings is 1. The van der Waals surface area contributed by atoms with E-state index in [1.54, 1.807) is 6.08 Å². The SMILES string of the molecule is C/C=C(\C=N/C(=N)N1CCN(c2ncc3c(n2)CCN(C(C)(C)C)C3)CC1)C(=O)C(C)(C)C. The van der Waals surface area contributed by atoms with Crippen molar-refractivity contribution in [3.63, 3.8) is 0 Å². The summed E-state index contributed by atoms with van der Waals surface area (Å²) in [7, 11) is 0. The smallest absolute Gasteiger partial charge is 0.225 e. The second-order valence-electron chi connectivity index (χ2n) is 10.9. The van der Waals surface area contributed by atoms with Crippen LogP contribution in [0.4, 0.5) is 5.95 Å². The number of guanidine groups is 1. The van der Waals surface area contributed by atoms with Gasteiger partial charge in [0.05, 0.1) is 5.69 Å². The van der Waals surface area contributed by atoms with Crippen molar-refractivity contribution in [1.82, 2.24) is 19.8 Å². The molecule has 0 spiro atoms. The lowest BCUT2D eigenvalue weighted by atomic mass is 9.86. The Morgan fingerprint density at radius 1 is 1.09 bits per heavy atom. The van der Waals surface area contributed by atoms with Crippen LogP contribution in [0.3, 0.4) is 0 Å². The van der Waals surface area contributed by atoms with Crippen LogP contribution in [0.25, 0.3) is 0 Å². The van der Waals surface area contributed by atoms with Crippen molar-refractivity contribution in [1.29, 1.82) is 5.41 Å². The first-order valence-corrected chi connectivity index (χ1v) is 11.8. The van der Waals surface area contributed by atoms with Gasteiger partial charge in [0, 0.05) is 80.2 Å². The molecule has 33 heavy (non-hydrogen) atoms. The van der Waals surface area contributed by atoms with Gasteiger partial charge in [0.15, 0.2) is 5.78 Å². The summed E-state index contributed by atoms with van der Waals surface area (Å²) in [6.45, 7) is 19.0. The molecule has 1 fully saturated rings. The molecule has 180 valence electrons. The first-order chi connectivity index (χ1) is 15.4. The molecule has 2 aliphatic heterocycles. The van der Waals surface area contributed by atoms with Gasteiger partial charge in [-0.05, 0) is 27.7 Å². The maximum absolute atomic E-state index is 12.5. The van der Waals surface area contributed by atoms with Crippen LogP contribution in [0.5, 0.6) is 0 Å². The van der Waals surface area contributed by atoms with Gasteiger partial charge in [-0.3, -0.25) is 15.1 Å². The Bertz CT molecular complexity index is 944. The monoisotopic (exact) mass is 453 g/mol. The third kappa shape index (κ3) is 6.05. The number of ketones is 1. The third-order valence-electron chi connectivity index (χ3n) is 6.31. The normalized spacial score (nSPS) is 18.6. The molecule has 0 atom stereocenters. The standard InChI is InChI=1S/C25H39N7O/c1-8-18(21(33)24(2,3)4)15-27-22(26)30-11-13-31(14-12-30)23-28-16-19-17-32(25(5,6)7)10-9-20(19)29-23/h8,15-16,26H,9-14,17H2,1-7H3/b18-8+,26-22?,27-15-. The second kappa shape index (κ2) is 9.71. The van der Waals surface area contributed by atoms with Gasteiger partial charge in [0.25, 0.3) is 0 Å². The molecule has 0 aliphatic carbocycles. The van der Waals surface area contributed by atoms with Gasteiger partial charge in [-0.25, -0.2) is 15.0 Å². The Hall–Kier alpha value is -2.61. The van der Waals surface area contributed by atoms with Crippen LogP contribution >= 0.6 is 0 Å². The van der Waals surface area contributed by atoms with Crippen LogP contribution in [0, 0.1) is 10.8 Å². The van der Waals surface area contributed by atoms with Crippen LogP contribution in [0.2, 0.25) is 0 Å². The van der Waals surface area contributed by atoms with Crippen molar-refractivity contribution in [3.8, 4) is 0 Å². The van der Waals surface area contributed by atoms with Crippen molar-refractivity contribution < 1.29 is 4.79 Å². The van der Waals surface area contributed by atoms with E-state index in [0.717, 1.165) is 44.2 Å². The van der Waals surface area contributed by atoms with Crippen molar-refractivity contribution in [2.24, 2.45) is 10.4 Å². The summed E-state index contributed by atoms with van der Waals surface area (Å²) >= 11 is 0. The molecule has 0 amide bonds. The Kier molecular flexibility index (Phi) is 7.36. The molecule has 8 heteroatoms. The second-order valence-corrected chi connectivity index (χ2v) is 10.9. The fourth-order valence-corrected chi connectivity index (χ4v) is 4.06. The minimum absolute atomic E-state index is 0.0292. The van der Waals surface area contributed by atoms with E-state index in [2.05, 4.69) is 40.5 Å². The number of carbonyl (C=O) groups excluding carboxylic acids is 1. The number of rotatable bonds is 3. The topological polar surface area (TPSA) is 88.8 Å². The summed E-state index contributed by atoms with van der Waals surface area (Å²) in [4.78, 5) is 32.9. The lowest BCUT2D eigenvalue weighted by molar-refractivity contribution is -0.121. The highest BCUT2D eigenvalue weighted by Gasteiger charge is 2.28. The molecule has 2 aliphatic rings. The van der Waals surface area contributed by atoms with Gasteiger partial charge < -0.3 is 9.80 Å². The maximum atomic E-state index is 12.5. The summed E-state index contributed by atoms with van der Waals surface area (Å²) in [6.07, 6.45) is 6.22. The highest BCUT2D eigenvalue weighted by Crippen LogP contribution is 2.25. The lowest BCUT2D eigenvalue weighted by Crippen LogP contribution is -2.49. The largest absolute Gasteiger partial charge is 0.338 e. The number of aliphatic imine (C=N–C) groups is 1. The van der Waals surface area contributed by atoms with E-state index in [9.17, 15) is 4.79 Å². The minimum Gasteiger partial charge on any atom is -0.338 e. The fraction of sp³-hybridized carbons (Fsp3) is 0.640. The van der Waals surface area contributed by atoms with Gasteiger partial charge in [0.2, 0.25) is 11.9 Å². The molecular formula is C25H39N7O. The Morgan fingerprint density at radius 3 is 2.33 bits per heavy atom. The quantitative estimate of drug-likeness (QED) is 0.429. The van der Waals surface area contributed by atoms with Gasteiger partial charge in [0.1, 0.15) is 0 Å².